The van der Waals surface area contributed by atoms with Gasteiger partial charge in [0.1, 0.15) is 0 Å². The summed E-state index contributed by atoms with van der Waals surface area (Å²) in [5.74, 6) is 0.154. The van der Waals surface area contributed by atoms with Crippen LogP contribution in [0.15, 0.2) is 48.0 Å². The van der Waals surface area contributed by atoms with Crippen molar-refractivity contribution in [3.05, 3.63) is 70.5 Å². The number of piperidine rings is 1. The molecule has 4 rings (SSSR count). The van der Waals surface area contributed by atoms with Gasteiger partial charge in [0.2, 0.25) is 0 Å². The molecule has 0 amide bonds. The molecule has 1 aliphatic rings. The second-order valence-corrected chi connectivity index (χ2v) is 8.12. The molecule has 1 fully saturated rings. The highest BCUT2D eigenvalue weighted by Gasteiger charge is 2.17. The van der Waals surface area contributed by atoms with Gasteiger partial charge >= 0.3 is 0 Å². The predicted molar refractivity (Wildman–Crippen MR) is 111 cm³/mol. The van der Waals surface area contributed by atoms with Gasteiger partial charge in [-0.15, -0.1) is 11.3 Å². The fraction of sp³-hybridized carbons (Fsp3) is 0.364. The molecular weight excluding hydrogens is 354 g/mol. The van der Waals surface area contributed by atoms with Crippen LogP contribution in [-0.2, 0) is 13.0 Å². The van der Waals surface area contributed by atoms with Crippen molar-refractivity contribution >= 4 is 22.3 Å². The quantitative estimate of drug-likeness (QED) is 0.582. The Hall–Kier alpha value is -2.40. The first kappa shape index (κ1) is 18.0. The second kappa shape index (κ2) is 8.09. The number of ketones is 1. The number of aromatic nitrogens is 2. The van der Waals surface area contributed by atoms with Crippen LogP contribution in [0.25, 0.3) is 0 Å². The average molecular weight is 380 g/mol. The molecule has 0 N–H and O–H groups in total. The average Bonchev–Trinajstić information content (AvgIpc) is 3.30. The molecule has 4 nitrogen and oxygen atoms in total. The van der Waals surface area contributed by atoms with Gasteiger partial charge in [-0.3, -0.25) is 4.79 Å². The lowest BCUT2D eigenvalue weighted by atomic mass is 10.1. The highest BCUT2D eigenvalue weighted by Crippen LogP contribution is 2.25. The van der Waals surface area contributed by atoms with Crippen molar-refractivity contribution in [3.8, 4) is 0 Å². The summed E-state index contributed by atoms with van der Waals surface area (Å²) in [6, 6.07) is 11.9. The van der Waals surface area contributed by atoms with E-state index in [1.165, 1.54) is 19.3 Å². The second-order valence-electron chi connectivity index (χ2n) is 7.29. The minimum Gasteiger partial charge on any atom is -0.348 e. The van der Waals surface area contributed by atoms with E-state index in [4.69, 9.17) is 4.98 Å². The van der Waals surface area contributed by atoms with Crippen LogP contribution in [0.3, 0.4) is 0 Å². The van der Waals surface area contributed by atoms with Crippen LogP contribution in [-0.4, -0.2) is 28.4 Å². The molecule has 1 aromatic carbocycles. The number of Topliss-reactive ketones (excluding diaryl/α,β-unsaturated/α-hetero) is 1. The topological polar surface area (TPSA) is 38.1 Å². The van der Waals surface area contributed by atoms with Crippen molar-refractivity contribution in [1.82, 2.24) is 9.55 Å². The van der Waals surface area contributed by atoms with E-state index in [9.17, 15) is 4.79 Å². The van der Waals surface area contributed by atoms with Crippen LogP contribution in [0.5, 0.6) is 0 Å². The lowest BCUT2D eigenvalue weighted by Gasteiger charge is -2.25. The monoisotopic (exact) mass is 379 g/mol. The van der Waals surface area contributed by atoms with E-state index in [1.54, 1.807) is 11.3 Å². The molecule has 2 aromatic heterocycles. The van der Waals surface area contributed by atoms with Crippen LogP contribution in [0, 0.1) is 6.92 Å². The summed E-state index contributed by atoms with van der Waals surface area (Å²) >= 11 is 1.72. The molecule has 0 aliphatic carbocycles. The standard InChI is InChI=1S/C22H25N3OS/c1-17-12-20(21(26)13-18-8-4-2-5-9-18)25(14-17)15-19-16-27-22(23-19)24-10-6-3-7-11-24/h2,4-5,8-9,12,14,16H,3,6-7,10-11,13,15H2,1H3. The number of carbonyl (C=O) groups is 1. The maximum atomic E-state index is 12.8. The number of nitrogens with zero attached hydrogens (tertiary/aromatic N) is 3. The number of benzene rings is 1. The Labute approximate surface area is 164 Å². The van der Waals surface area contributed by atoms with E-state index in [0.29, 0.717) is 13.0 Å². The summed E-state index contributed by atoms with van der Waals surface area (Å²) in [4.78, 5) is 20.1. The van der Waals surface area contributed by atoms with Crippen molar-refractivity contribution < 1.29 is 4.79 Å². The Kier molecular flexibility index (Phi) is 5.39. The smallest absolute Gasteiger partial charge is 0.185 e. The van der Waals surface area contributed by atoms with Crippen molar-refractivity contribution in [3.63, 3.8) is 0 Å². The van der Waals surface area contributed by atoms with E-state index >= 15 is 0 Å². The minimum absolute atomic E-state index is 0.154. The third-order valence-corrected chi connectivity index (χ3v) is 5.98. The largest absolute Gasteiger partial charge is 0.348 e. The van der Waals surface area contributed by atoms with E-state index in [2.05, 4.69) is 21.0 Å². The number of thiazole rings is 1. The van der Waals surface area contributed by atoms with E-state index in [1.807, 2.05) is 43.3 Å². The summed E-state index contributed by atoms with van der Waals surface area (Å²) in [5, 5.41) is 3.25. The van der Waals surface area contributed by atoms with Crippen LogP contribution < -0.4 is 4.90 Å². The van der Waals surface area contributed by atoms with Crippen LogP contribution in [0.4, 0.5) is 5.13 Å². The van der Waals surface area contributed by atoms with E-state index in [0.717, 1.165) is 40.7 Å². The van der Waals surface area contributed by atoms with E-state index in [-0.39, 0.29) is 5.78 Å². The van der Waals surface area contributed by atoms with Crippen LogP contribution in [0.2, 0.25) is 0 Å². The minimum atomic E-state index is 0.154. The Balaban J connectivity index is 1.49. The van der Waals surface area contributed by atoms with Crippen molar-refractivity contribution in [2.45, 2.75) is 39.2 Å². The van der Waals surface area contributed by atoms with Gasteiger partial charge in [0.05, 0.1) is 17.9 Å². The molecule has 1 saturated heterocycles. The molecular formula is C22H25N3OS. The van der Waals surface area contributed by atoms with Gasteiger partial charge in [0, 0.05) is 31.1 Å². The Morgan fingerprint density at radius 3 is 2.70 bits per heavy atom. The molecule has 0 bridgehead atoms. The summed E-state index contributed by atoms with van der Waals surface area (Å²) < 4.78 is 2.05. The van der Waals surface area contributed by atoms with Gasteiger partial charge in [-0.2, -0.15) is 0 Å². The third kappa shape index (κ3) is 4.30. The summed E-state index contributed by atoms with van der Waals surface area (Å²) in [7, 11) is 0. The maximum Gasteiger partial charge on any atom is 0.185 e. The van der Waals surface area contributed by atoms with Crippen molar-refractivity contribution in [2.24, 2.45) is 0 Å². The molecule has 27 heavy (non-hydrogen) atoms. The zero-order chi connectivity index (χ0) is 18.6. The molecule has 0 saturated carbocycles. The third-order valence-electron chi connectivity index (χ3n) is 5.03. The highest BCUT2D eigenvalue weighted by molar-refractivity contribution is 7.13. The molecule has 1 aliphatic heterocycles. The number of carbonyl (C=O) groups excluding carboxylic acids is 1. The first-order chi connectivity index (χ1) is 13.2. The van der Waals surface area contributed by atoms with Gasteiger partial charge < -0.3 is 9.47 Å². The van der Waals surface area contributed by atoms with Gasteiger partial charge in [0.15, 0.2) is 10.9 Å². The Morgan fingerprint density at radius 2 is 1.93 bits per heavy atom. The summed E-state index contributed by atoms with van der Waals surface area (Å²) in [5.41, 5.74) is 3.96. The fourth-order valence-electron chi connectivity index (χ4n) is 3.67. The highest BCUT2D eigenvalue weighted by atomic mass is 32.1. The Bertz CT molecular complexity index is 907. The van der Waals surface area contributed by atoms with Crippen molar-refractivity contribution in [2.75, 3.05) is 18.0 Å². The summed E-state index contributed by atoms with van der Waals surface area (Å²) in [6.07, 6.45) is 6.32. The molecule has 0 radical (unpaired) electrons. The summed E-state index contributed by atoms with van der Waals surface area (Å²) in [6.45, 7) is 4.90. The number of hydrogen-bond acceptors (Lipinski definition) is 4. The lowest BCUT2D eigenvalue weighted by molar-refractivity contribution is 0.0984. The molecule has 3 heterocycles. The predicted octanol–water partition coefficient (Wildman–Crippen LogP) is 4.72. The zero-order valence-electron chi connectivity index (χ0n) is 15.7. The van der Waals surface area contributed by atoms with Gasteiger partial charge in [-0.25, -0.2) is 4.98 Å². The van der Waals surface area contributed by atoms with E-state index < -0.39 is 0 Å². The maximum absolute atomic E-state index is 12.8. The number of anilines is 1. The Morgan fingerprint density at radius 1 is 1.15 bits per heavy atom. The first-order valence-corrected chi connectivity index (χ1v) is 10.5. The molecule has 0 unspecified atom stereocenters. The number of rotatable bonds is 6. The first-order valence-electron chi connectivity index (χ1n) is 9.62. The van der Waals surface area contributed by atoms with Gasteiger partial charge in [-0.1, -0.05) is 30.3 Å². The van der Waals surface area contributed by atoms with Gasteiger partial charge in [-0.05, 0) is 43.4 Å². The number of aryl methyl sites for hydroxylation is 1. The fourth-order valence-corrected chi connectivity index (χ4v) is 4.54. The molecule has 0 spiro atoms. The molecule has 3 aromatic rings. The zero-order valence-corrected chi connectivity index (χ0v) is 16.5. The molecule has 0 atom stereocenters. The molecule has 5 heteroatoms. The normalized spacial score (nSPS) is 14.5. The van der Waals surface area contributed by atoms with Crippen molar-refractivity contribution in [1.29, 1.82) is 0 Å². The van der Waals surface area contributed by atoms with Crippen LogP contribution >= 0.6 is 11.3 Å². The SMILES string of the molecule is Cc1cc(C(=O)Cc2ccccc2)n(Cc2csc(N3CCCCC3)n2)c1. The van der Waals surface area contributed by atoms with Crippen LogP contribution in [0.1, 0.15) is 46.6 Å². The number of hydrogen-bond donors (Lipinski definition) is 0. The van der Waals surface area contributed by atoms with Gasteiger partial charge in [0.25, 0.3) is 0 Å². The molecule has 140 valence electrons. The lowest BCUT2D eigenvalue weighted by Crippen LogP contribution is -2.29.